The van der Waals surface area contributed by atoms with Gasteiger partial charge in [-0.3, -0.25) is 4.98 Å². The normalized spacial score (nSPS) is 8.00. The molecule has 2 aromatic rings. The summed E-state index contributed by atoms with van der Waals surface area (Å²) >= 11 is 0. The molecule has 0 bridgehead atoms. The van der Waals surface area contributed by atoms with Gasteiger partial charge in [-0.05, 0) is 12.1 Å². The lowest BCUT2D eigenvalue weighted by atomic mass is 10.2. The minimum Gasteiger partial charge on any atom is -0.506 e. The Morgan fingerprint density at radius 2 is 1.57 bits per heavy atom. The van der Waals surface area contributed by atoms with Crippen molar-refractivity contribution in [3.8, 4) is 5.75 Å². The fourth-order valence-corrected chi connectivity index (χ4v) is 1.09. The van der Waals surface area contributed by atoms with Crippen molar-refractivity contribution < 1.29 is 5.11 Å². The first-order chi connectivity index (χ1) is 5.38. The quantitative estimate of drug-likeness (QED) is 0.674. The molecule has 63 valence electrons. The third-order valence-electron chi connectivity index (χ3n) is 1.61. The van der Waals surface area contributed by atoms with Crippen LogP contribution < -0.4 is 0 Å². The Bertz CT molecular complexity index is 389. The van der Waals surface area contributed by atoms with Gasteiger partial charge in [0.15, 0.2) is 0 Å². The SMILES string of the molecule is Oc1cccc2cccnc12.[Al].[Al].[Al]. The van der Waals surface area contributed by atoms with Crippen molar-refractivity contribution >= 4 is 63.0 Å². The van der Waals surface area contributed by atoms with Crippen LogP contribution in [0.2, 0.25) is 0 Å². The predicted molar refractivity (Wildman–Crippen MR) is 60.7 cm³/mol. The van der Waals surface area contributed by atoms with E-state index in [9.17, 15) is 5.11 Å². The molecule has 1 aromatic heterocycles. The monoisotopic (exact) mass is 226 g/mol. The molecule has 0 unspecified atom stereocenters. The van der Waals surface area contributed by atoms with Crippen molar-refractivity contribution in [3.63, 3.8) is 0 Å². The summed E-state index contributed by atoms with van der Waals surface area (Å²) in [5.74, 6) is 0.239. The fourth-order valence-electron chi connectivity index (χ4n) is 1.09. The number of benzene rings is 1. The molecule has 0 aliphatic heterocycles. The standard InChI is InChI=1S/C9H7NO.3Al/c11-8-5-1-3-7-4-2-6-10-9(7)8;;;/h1-6,11H;;;. The molecule has 0 atom stereocenters. The van der Waals surface area contributed by atoms with Gasteiger partial charge in [0.2, 0.25) is 0 Å². The first-order valence-corrected chi connectivity index (χ1v) is 3.40. The van der Waals surface area contributed by atoms with E-state index in [2.05, 4.69) is 4.98 Å². The molecule has 14 heavy (non-hydrogen) atoms. The van der Waals surface area contributed by atoms with E-state index in [4.69, 9.17) is 0 Å². The number of hydrogen-bond acceptors (Lipinski definition) is 2. The molecule has 0 aliphatic carbocycles. The molecule has 0 fully saturated rings. The van der Waals surface area contributed by atoms with Crippen molar-refractivity contribution in [1.29, 1.82) is 0 Å². The largest absolute Gasteiger partial charge is 0.506 e. The summed E-state index contributed by atoms with van der Waals surface area (Å²) in [5.41, 5.74) is 0.662. The van der Waals surface area contributed by atoms with E-state index >= 15 is 0 Å². The summed E-state index contributed by atoms with van der Waals surface area (Å²) in [6.45, 7) is 0. The number of phenols is 1. The van der Waals surface area contributed by atoms with Gasteiger partial charge in [0, 0.05) is 63.7 Å². The van der Waals surface area contributed by atoms with Gasteiger partial charge in [0.25, 0.3) is 0 Å². The molecule has 5 heteroatoms. The molecule has 0 saturated heterocycles. The summed E-state index contributed by atoms with van der Waals surface area (Å²) in [6.07, 6.45) is 1.67. The van der Waals surface area contributed by atoms with Gasteiger partial charge in [0.05, 0.1) is 0 Å². The van der Waals surface area contributed by atoms with Gasteiger partial charge in [-0.25, -0.2) is 0 Å². The van der Waals surface area contributed by atoms with Crippen LogP contribution in [-0.4, -0.2) is 62.2 Å². The molecule has 0 amide bonds. The number of phenolic OH excluding ortho intramolecular Hbond substituents is 1. The van der Waals surface area contributed by atoms with Crippen molar-refractivity contribution in [3.05, 3.63) is 36.5 Å². The van der Waals surface area contributed by atoms with Crippen LogP contribution in [-0.2, 0) is 0 Å². The Hall–Kier alpha value is 0.0274. The van der Waals surface area contributed by atoms with E-state index in [0.717, 1.165) is 5.39 Å². The second-order valence-corrected chi connectivity index (χ2v) is 2.35. The second-order valence-electron chi connectivity index (χ2n) is 2.35. The number of pyridine rings is 1. The Morgan fingerprint density at radius 3 is 2.21 bits per heavy atom. The molecule has 2 nitrogen and oxygen atoms in total. The summed E-state index contributed by atoms with van der Waals surface area (Å²) in [5, 5.41) is 10.3. The average Bonchev–Trinajstić information content (AvgIpc) is 2.06. The number of fused-ring (bicyclic) bond motifs is 1. The van der Waals surface area contributed by atoms with Gasteiger partial charge < -0.3 is 5.11 Å². The minimum atomic E-state index is 0. The predicted octanol–water partition coefficient (Wildman–Crippen LogP) is 0.798. The maximum Gasteiger partial charge on any atom is 0.141 e. The maximum absolute atomic E-state index is 9.31. The van der Waals surface area contributed by atoms with Gasteiger partial charge in [-0.1, -0.05) is 18.2 Å². The van der Waals surface area contributed by atoms with Crippen molar-refractivity contribution in [1.82, 2.24) is 4.98 Å². The lowest BCUT2D eigenvalue weighted by Gasteiger charge is -1.96. The van der Waals surface area contributed by atoms with Crippen LogP contribution in [0.15, 0.2) is 36.5 Å². The van der Waals surface area contributed by atoms with Crippen LogP contribution in [0.4, 0.5) is 0 Å². The minimum absolute atomic E-state index is 0. The summed E-state index contributed by atoms with van der Waals surface area (Å²) in [7, 11) is 0. The maximum atomic E-state index is 9.31. The Kier molecular flexibility index (Phi) is 8.62. The van der Waals surface area contributed by atoms with Gasteiger partial charge in [-0.2, -0.15) is 0 Å². The van der Waals surface area contributed by atoms with Gasteiger partial charge in [0.1, 0.15) is 11.3 Å². The number of hydrogen-bond donors (Lipinski definition) is 1. The average molecular weight is 226 g/mol. The topological polar surface area (TPSA) is 33.1 Å². The molecule has 1 heterocycles. The van der Waals surface area contributed by atoms with E-state index in [-0.39, 0.29) is 57.8 Å². The van der Waals surface area contributed by atoms with Crippen LogP contribution in [0.5, 0.6) is 5.75 Å². The third-order valence-corrected chi connectivity index (χ3v) is 1.61. The smallest absolute Gasteiger partial charge is 0.141 e. The number of aromatic hydroxyl groups is 1. The first-order valence-electron chi connectivity index (χ1n) is 3.40. The number of rotatable bonds is 0. The van der Waals surface area contributed by atoms with E-state index in [0.29, 0.717) is 5.52 Å². The van der Waals surface area contributed by atoms with Crippen LogP contribution >= 0.6 is 0 Å². The van der Waals surface area contributed by atoms with Gasteiger partial charge in [-0.15, -0.1) is 0 Å². The highest BCUT2D eigenvalue weighted by molar-refractivity contribution is 5.83. The van der Waals surface area contributed by atoms with Gasteiger partial charge >= 0.3 is 0 Å². The van der Waals surface area contributed by atoms with Crippen molar-refractivity contribution in [2.24, 2.45) is 0 Å². The highest BCUT2D eigenvalue weighted by Crippen LogP contribution is 2.20. The molecular formula is C9H7Al3NO. The fraction of sp³-hybridized carbons (Fsp3) is 0. The molecule has 1 aromatic carbocycles. The molecule has 1 N–H and O–H groups in total. The van der Waals surface area contributed by atoms with Crippen molar-refractivity contribution in [2.75, 3.05) is 0 Å². The zero-order chi connectivity index (χ0) is 7.68. The lowest BCUT2D eigenvalue weighted by Crippen LogP contribution is -1.76. The highest BCUT2D eigenvalue weighted by atomic mass is 27.0. The van der Waals surface area contributed by atoms with E-state index < -0.39 is 0 Å². The Labute approximate surface area is 115 Å². The zero-order valence-corrected chi connectivity index (χ0v) is 11.1. The lowest BCUT2D eigenvalue weighted by molar-refractivity contribution is 0.480. The highest BCUT2D eigenvalue weighted by Gasteiger charge is 1.96. The number of aromatic nitrogens is 1. The summed E-state index contributed by atoms with van der Waals surface area (Å²) < 4.78 is 0. The molecule has 9 radical (unpaired) electrons. The zero-order valence-electron chi connectivity index (χ0n) is 7.59. The molecule has 0 aliphatic rings. The molecule has 0 saturated carbocycles. The summed E-state index contributed by atoms with van der Waals surface area (Å²) in [6, 6.07) is 9.13. The van der Waals surface area contributed by atoms with Crippen LogP contribution in [0.1, 0.15) is 0 Å². The third kappa shape index (κ3) is 3.31. The van der Waals surface area contributed by atoms with Crippen LogP contribution in [0.25, 0.3) is 10.9 Å². The first kappa shape index (κ1) is 16.5. The van der Waals surface area contributed by atoms with E-state index in [1.54, 1.807) is 18.3 Å². The van der Waals surface area contributed by atoms with Crippen molar-refractivity contribution in [2.45, 2.75) is 0 Å². The van der Waals surface area contributed by atoms with E-state index in [1.165, 1.54) is 0 Å². The molecular weight excluding hydrogens is 219 g/mol. The second kappa shape index (κ2) is 7.34. The van der Waals surface area contributed by atoms with Crippen LogP contribution in [0, 0.1) is 0 Å². The summed E-state index contributed by atoms with van der Waals surface area (Å²) in [4.78, 5) is 4.03. The molecule has 0 spiro atoms. The Balaban J connectivity index is 0. The number of nitrogens with zero attached hydrogens (tertiary/aromatic N) is 1. The Morgan fingerprint density at radius 1 is 0.929 bits per heavy atom. The van der Waals surface area contributed by atoms with E-state index in [1.807, 2.05) is 18.2 Å². The van der Waals surface area contributed by atoms with Crippen LogP contribution in [0.3, 0.4) is 0 Å². The number of para-hydroxylation sites is 1. The molecule has 2 rings (SSSR count).